The van der Waals surface area contributed by atoms with Crippen LogP contribution < -0.4 is 10.1 Å². The number of halogens is 2. The highest BCUT2D eigenvalue weighted by Crippen LogP contribution is 2.36. The largest absolute Gasteiger partial charge is 0.483 e. The summed E-state index contributed by atoms with van der Waals surface area (Å²) in [6.07, 6.45) is 2.03. The minimum absolute atomic E-state index is 0.194. The van der Waals surface area contributed by atoms with Crippen LogP contribution in [0.1, 0.15) is 29.3 Å². The average molecular weight is 523 g/mol. The van der Waals surface area contributed by atoms with Crippen molar-refractivity contribution >= 4 is 55.7 Å². The second-order valence-electron chi connectivity index (χ2n) is 6.70. The van der Waals surface area contributed by atoms with Gasteiger partial charge in [0.05, 0.1) is 11.6 Å². The highest BCUT2D eigenvalue weighted by Gasteiger charge is 2.22. The lowest BCUT2D eigenvalue weighted by Crippen LogP contribution is -2.21. The first-order valence-corrected chi connectivity index (χ1v) is 11.6. The van der Waals surface area contributed by atoms with Crippen molar-refractivity contribution in [2.24, 2.45) is 0 Å². The van der Waals surface area contributed by atoms with E-state index in [0.717, 1.165) is 22.9 Å². The molecule has 0 saturated heterocycles. The third kappa shape index (κ3) is 5.87. The molecule has 0 atom stereocenters. The SMILES string of the molecule is CCCc1ccc(OCC(=O)Nc2scc(-c3ccc(Cl)cc3)c2C(=O)OC)c(Br)c1. The molecule has 5 nitrogen and oxygen atoms in total. The summed E-state index contributed by atoms with van der Waals surface area (Å²) in [6, 6.07) is 12.9. The molecule has 0 radical (unpaired) electrons. The van der Waals surface area contributed by atoms with Gasteiger partial charge in [0.2, 0.25) is 0 Å². The number of carbonyl (C=O) groups is 2. The third-order valence-electron chi connectivity index (χ3n) is 4.48. The molecular weight excluding hydrogens is 502 g/mol. The van der Waals surface area contributed by atoms with Crippen molar-refractivity contribution in [2.75, 3.05) is 19.0 Å². The summed E-state index contributed by atoms with van der Waals surface area (Å²) in [7, 11) is 1.31. The predicted molar refractivity (Wildman–Crippen MR) is 128 cm³/mol. The quantitative estimate of drug-likeness (QED) is 0.339. The Labute approximate surface area is 198 Å². The van der Waals surface area contributed by atoms with E-state index in [1.807, 2.05) is 30.3 Å². The second-order valence-corrected chi connectivity index (χ2v) is 8.87. The number of thiophene rings is 1. The van der Waals surface area contributed by atoms with Crippen LogP contribution in [0.15, 0.2) is 52.3 Å². The summed E-state index contributed by atoms with van der Waals surface area (Å²) < 4.78 is 11.4. The summed E-state index contributed by atoms with van der Waals surface area (Å²) in [4.78, 5) is 24.9. The topological polar surface area (TPSA) is 64.6 Å². The molecule has 0 saturated carbocycles. The zero-order chi connectivity index (χ0) is 22.4. The van der Waals surface area contributed by atoms with Crippen LogP contribution in [0.25, 0.3) is 11.1 Å². The molecule has 8 heteroatoms. The van der Waals surface area contributed by atoms with Crippen LogP contribution in [0.4, 0.5) is 5.00 Å². The average Bonchev–Trinajstić information content (AvgIpc) is 3.16. The van der Waals surface area contributed by atoms with Crippen LogP contribution >= 0.6 is 38.9 Å². The van der Waals surface area contributed by atoms with E-state index in [-0.39, 0.29) is 12.5 Å². The zero-order valence-corrected chi connectivity index (χ0v) is 20.2. The molecule has 2 aromatic carbocycles. The highest BCUT2D eigenvalue weighted by atomic mass is 79.9. The Hall–Kier alpha value is -2.35. The first kappa shape index (κ1) is 23.3. The summed E-state index contributed by atoms with van der Waals surface area (Å²) in [5.41, 5.74) is 2.96. The van der Waals surface area contributed by atoms with Crippen molar-refractivity contribution in [3.63, 3.8) is 0 Å². The molecule has 31 heavy (non-hydrogen) atoms. The first-order valence-electron chi connectivity index (χ1n) is 9.59. The Kier molecular flexibility index (Phi) is 8.12. The van der Waals surface area contributed by atoms with Gasteiger partial charge in [-0.25, -0.2) is 4.79 Å². The molecule has 1 heterocycles. The van der Waals surface area contributed by atoms with Gasteiger partial charge in [-0.15, -0.1) is 11.3 Å². The second kappa shape index (κ2) is 10.8. The van der Waals surface area contributed by atoms with Crippen molar-refractivity contribution in [2.45, 2.75) is 19.8 Å². The van der Waals surface area contributed by atoms with Crippen molar-refractivity contribution in [1.82, 2.24) is 0 Å². The van der Waals surface area contributed by atoms with Crippen molar-refractivity contribution in [3.05, 3.63) is 68.5 Å². The lowest BCUT2D eigenvalue weighted by atomic mass is 10.0. The van der Waals surface area contributed by atoms with E-state index >= 15 is 0 Å². The number of aryl methyl sites for hydroxylation is 1. The molecule has 0 aliphatic heterocycles. The number of benzene rings is 2. The van der Waals surface area contributed by atoms with Gasteiger partial charge in [-0.2, -0.15) is 0 Å². The molecule has 1 N–H and O–H groups in total. The standard InChI is InChI=1S/C23H21BrClNO4S/c1-3-4-14-5-10-19(18(24)11-14)30-12-20(27)26-22-21(23(28)29-2)17(13-31-22)15-6-8-16(25)9-7-15/h5-11,13H,3-4,12H2,1-2H3,(H,26,27). The van der Waals surface area contributed by atoms with Gasteiger partial charge in [0.25, 0.3) is 5.91 Å². The summed E-state index contributed by atoms with van der Waals surface area (Å²) in [5, 5.41) is 5.56. The number of hydrogen-bond acceptors (Lipinski definition) is 5. The normalized spacial score (nSPS) is 10.6. The summed E-state index contributed by atoms with van der Waals surface area (Å²) in [6.45, 7) is 1.93. The third-order valence-corrected chi connectivity index (χ3v) is 6.25. The highest BCUT2D eigenvalue weighted by molar-refractivity contribution is 9.10. The van der Waals surface area contributed by atoms with Gasteiger partial charge < -0.3 is 14.8 Å². The van der Waals surface area contributed by atoms with E-state index in [4.69, 9.17) is 21.1 Å². The maximum atomic E-state index is 12.5. The van der Waals surface area contributed by atoms with Crippen molar-refractivity contribution in [1.29, 1.82) is 0 Å². The van der Waals surface area contributed by atoms with Gasteiger partial charge in [-0.05, 0) is 57.7 Å². The van der Waals surface area contributed by atoms with Crippen LogP contribution in [0, 0.1) is 0 Å². The Morgan fingerprint density at radius 2 is 1.90 bits per heavy atom. The molecule has 0 fully saturated rings. The molecule has 0 unspecified atom stereocenters. The lowest BCUT2D eigenvalue weighted by molar-refractivity contribution is -0.118. The molecule has 1 aromatic heterocycles. The Morgan fingerprint density at radius 1 is 1.16 bits per heavy atom. The van der Waals surface area contributed by atoms with Gasteiger partial charge in [0, 0.05) is 16.0 Å². The summed E-state index contributed by atoms with van der Waals surface area (Å²) >= 11 is 10.7. The van der Waals surface area contributed by atoms with Crippen molar-refractivity contribution < 1.29 is 19.1 Å². The number of anilines is 1. The number of methoxy groups -OCH3 is 1. The Bertz CT molecular complexity index is 1080. The molecular formula is C23H21BrClNO4S. The minimum Gasteiger partial charge on any atom is -0.483 e. The molecule has 0 bridgehead atoms. The van der Waals surface area contributed by atoms with Gasteiger partial charge >= 0.3 is 5.97 Å². The smallest absolute Gasteiger partial charge is 0.341 e. The minimum atomic E-state index is -0.531. The molecule has 3 rings (SSSR count). The zero-order valence-electron chi connectivity index (χ0n) is 17.0. The van der Waals surface area contributed by atoms with Crippen LogP contribution in [-0.2, 0) is 16.0 Å². The number of esters is 1. The predicted octanol–water partition coefficient (Wildman–Crippen LogP) is 6.59. The maximum Gasteiger partial charge on any atom is 0.341 e. The van der Waals surface area contributed by atoms with Crippen LogP contribution in [0.3, 0.4) is 0 Å². The number of ether oxygens (including phenoxy) is 2. The van der Waals surface area contributed by atoms with Gasteiger partial charge in [-0.3, -0.25) is 4.79 Å². The Morgan fingerprint density at radius 3 is 2.55 bits per heavy atom. The number of amides is 1. The van der Waals surface area contributed by atoms with E-state index in [1.54, 1.807) is 17.5 Å². The summed E-state index contributed by atoms with van der Waals surface area (Å²) in [5.74, 6) is -0.327. The fourth-order valence-electron chi connectivity index (χ4n) is 3.01. The van der Waals surface area contributed by atoms with Gasteiger partial charge in [-0.1, -0.05) is 43.1 Å². The Balaban J connectivity index is 1.74. The number of rotatable bonds is 8. The fraction of sp³-hybridized carbons (Fsp3) is 0.217. The number of carbonyl (C=O) groups excluding carboxylic acids is 2. The first-order chi connectivity index (χ1) is 14.9. The van der Waals surface area contributed by atoms with Crippen molar-refractivity contribution in [3.8, 4) is 16.9 Å². The number of nitrogens with one attached hydrogen (secondary N) is 1. The van der Waals surface area contributed by atoms with Gasteiger partial charge in [0.15, 0.2) is 6.61 Å². The van der Waals surface area contributed by atoms with Gasteiger partial charge in [0.1, 0.15) is 16.3 Å². The van der Waals surface area contributed by atoms with Crippen LogP contribution in [0.2, 0.25) is 5.02 Å². The maximum absolute atomic E-state index is 12.5. The fourth-order valence-corrected chi connectivity index (χ4v) is 4.65. The van der Waals surface area contributed by atoms with E-state index < -0.39 is 5.97 Å². The molecule has 1 amide bonds. The molecule has 3 aromatic rings. The van der Waals surface area contributed by atoms with E-state index in [1.165, 1.54) is 24.0 Å². The molecule has 162 valence electrons. The number of hydrogen-bond donors (Lipinski definition) is 1. The monoisotopic (exact) mass is 521 g/mol. The van der Waals surface area contributed by atoms with E-state index in [0.29, 0.717) is 26.9 Å². The van der Waals surface area contributed by atoms with E-state index in [9.17, 15) is 9.59 Å². The van der Waals surface area contributed by atoms with Crippen LogP contribution in [-0.4, -0.2) is 25.6 Å². The molecule has 0 aliphatic carbocycles. The van der Waals surface area contributed by atoms with Crippen LogP contribution in [0.5, 0.6) is 5.75 Å². The van der Waals surface area contributed by atoms with E-state index in [2.05, 4.69) is 28.2 Å². The lowest BCUT2D eigenvalue weighted by Gasteiger charge is -2.11. The molecule has 0 spiro atoms. The molecule has 0 aliphatic rings.